The molecule has 9 nitrogen and oxygen atoms in total. The molecule has 224 valence electrons. The Labute approximate surface area is 248 Å². The first-order valence-corrected chi connectivity index (χ1v) is 15.7. The number of hydrogen-bond acceptors (Lipinski definition) is 6. The van der Waals surface area contributed by atoms with Crippen LogP contribution in [-0.4, -0.2) is 68.9 Å². The Morgan fingerprint density at radius 2 is 1.55 bits per heavy atom. The molecule has 1 fully saturated rings. The summed E-state index contributed by atoms with van der Waals surface area (Å²) in [6.45, 7) is 5.90. The van der Waals surface area contributed by atoms with Crippen LogP contribution in [0.1, 0.15) is 37.4 Å². The number of sulfonamides is 1. The molecule has 10 heteroatoms. The third-order valence-electron chi connectivity index (χ3n) is 7.01. The Morgan fingerprint density at radius 1 is 0.929 bits per heavy atom. The van der Waals surface area contributed by atoms with Crippen LogP contribution in [0.4, 0.5) is 0 Å². The van der Waals surface area contributed by atoms with Crippen LogP contribution < -0.4 is 10.1 Å². The standard InChI is InChI=1S/C32H39N3O6S/c1-25(2)17-18-33-32(37)31(27-11-7-4-8-12-27)35(23-26-9-5-3-6-10-26)30(36)24-41-28-13-15-29(16-14-28)42(38,39)34-19-21-40-22-20-34/h3-16,25,31H,17-24H2,1-2H3,(H,33,37). The van der Waals surface area contributed by atoms with E-state index in [-0.39, 0.29) is 29.9 Å². The van der Waals surface area contributed by atoms with E-state index in [9.17, 15) is 18.0 Å². The molecule has 0 radical (unpaired) electrons. The van der Waals surface area contributed by atoms with Gasteiger partial charge in [-0.2, -0.15) is 4.31 Å². The number of benzene rings is 3. The molecule has 0 saturated carbocycles. The van der Waals surface area contributed by atoms with E-state index < -0.39 is 16.1 Å². The average Bonchev–Trinajstić information content (AvgIpc) is 3.01. The van der Waals surface area contributed by atoms with Gasteiger partial charge in [-0.3, -0.25) is 9.59 Å². The van der Waals surface area contributed by atoms with Crippen molar-refractivity contribution >= 4 is 21.8 Å². The molecule has 42 heavy (non-hydrogen) atoms. The van der Waals surface area contributed by atoms with Crippen molar-refractivity contribution in [1.29, 1.82) is 0 Å². The second-order valence-corrected chi connectivity index (χ2v) is 12.5. The molecule has 0 aliphatic carbocycles. The summed E-state index contributed by atoms with van der Waals surface area (Å²) in [5.41, 5.74) is 1.57. The molecule has 1 N–H and O–H groups in total. The fraction of sp³-hybridized carbons (Fsp3) is 0.375. The molecule has 0 aromatic heterocycles. The van der Waals surface area contributed by atoms with Crippen LogP contribution in [0.3, 0.4) is 0 Å². The van der Waals surface area contributed by atoms with Crippen molar-refractivity contribution in [2.75, 3.05) is 39.5 Å². The molecular weight excluding hydrogens is 554 g/mol. The van der Waals surface area contributed by atoms with Crippen molar-refractivity contribution in [1.82, 2.24) is 14.5 Å². The second kappa shape index (κ2) is 14.9. The number of carbonyl (C=O) groups is 2. The van der Waals surface area contributed by atoms with Crippen molar-refractivity contribution in [3.05, 3.63) is 96.1 Å². The van der Waals surface area contributed by atoms with Gasteiger partial charge in [0.25, 0.3) is 5.91 Å². The van der Waals surface area contributed by atoms with Crippen LogP contribution in [0.2, 0.25) is 0 Å². The average molecular weight is 594 g/mol. The van der Waals surface area contributed by atoms with Gasteiger partial charge in [0.05, 0.1) is 18.1 Å². The summed E-state index contributed by atoms with van der Waals surface area (Å²) in [7, 11) is -3.64. The third kappa shape index (κ3) is 8.40. The second-order valence-electron chi connectivity index (χ2n) is 10.6. The summed E-state index contributed by atoms with van der Waals surface area (Å²) < 4.78 is 38.4. The summed E-state index contributed by atoms with van der Waals surface area (Å²) in [6.07, 6.45) is 0.820. The zero-order valence-electron chi connectivity index (χ0n) is 24.1. The van der Waals surface area contributed by atoms with Gasteiger partial charge < -0.3 is 19.7 Å². The minimum Gasteiger partial charge on any atom is -0.484 e. The van der Waals surface area contributed by atoms with Crippen LogP contribution in [0.15, 0.2) is 89.8 Å². The molecule has 4 rings (SSSR count). The summed E-state index contributed by atoms with van der Waals surface area (Å²) in [5.74, 6) is 0.133. The SMILES string of the molecule is CC(C)CCNC(=O)C(c1ccccc1)N(Cc1ccccc1)C(=O)COc1ccc(S(=O)(=O)N2CCOCC2)cc1. The lowest BCUT2D eigenvalue weighted by Crippen LogP contribution is -2.45. The first-order valence-electron chi connectivity index (χ1n) is 14.2. The number of morpholine rings is 1. The molecule has 0 bridgehead atoms. The highest BCUT2D eigenvalue weighted by atomic mass is 32.2. The van der Waals surface area contributed by atoms with Gasteiger partial charge in [-0.1, -0.05) is 74.5 Å². The quantitative estimate of drug-likeness (QED) is 0.321. The van der Waals surface area contributed by atoms with E-state index in [0.29, 0.717) is 50.1 Å². The topological polar surface area (TPSA) is 105 Å². The normalized spacial score (nSPS) is 14.7. The number of nitrogens with zero attached hydrogens (tertiary/aromatic N) is 2. The van der Waals surface area contributed by atoms with Crippen LogP contribution >= 0.6 is 0 Å². The molecule has 3 aromatic carbocycles. The number of hydrogen-bond donors (Lipinski definition) is 1. The van der Waals surface area contributed by atoms with Crippen molar-refractivity contribution in [3.8, 4) is 5.75 Å². The third-order valence-corrected chi connectivity index (χ3v) is 8.92. The van der Waals surface area contributed by atoms with Gasteiger partial charge in [-0.05, 0) is 47.7 Å². The maximum absolute atomic E-state index is 13.8. The molecule has 1 unspecified atom stereocenters. The molecule has 3 aromatic rings. The van der Waals surface area contributed by atoms with Crippen LogP contribution in [-0.2, 0) is 30.9 Å². The monoisotopic (exact) mass is 593 g/mol. The van der Waals surface area contributed by atoms with Crippen molar-refractivity contribution in [2.24, 2.45) is 5.92 Å². The number of carbonyl (C=O) groups excluding carboxylic acids is 2. The van der Waals surface area contributed by atoms with Gasteiger partial charge in [0.15, 0.2) is 6.61 Å². The minimum absolute atomic E-state index is 0.149. The Morgan fingerprint density at radius 3 is 2.17 bits per heavy atom. The number of nitrogens with one attached hydrogen (secondary N) is 1. The maximum atomic E-state index is 13.8. The van der Waals surface area contributed by atoms with Gasteiger partial charge in [-0.15, -0.1) is 0 Å². The molecule has 1 atom stereocenters. The fourth-order valence-corrected chi connectivity index (χ4v) is 6.07. The number of ether oxygens (including phenoxy) is 2. The van der Waals surface area contributed by atoms with Crippen LogP contribution in [0.25, 0.3) is 0 Å². The van der Waals surface area contributed by atoms with Crippen molar-refractivity contribution in [3.63, 3.8) is 0 Å². The van der Waals surface area contributed by atoms with E-state index in [1.165, 1.54) is 33.5 Å². The van der Waals surface area contributed by atoms with E-state index in [2.05, 4.69) is 19.2 Å². The molecule has 1 heterocycles. The first-order chi connectivity index (χ1) is 20.3. The summed E-state index contributed by atoms with van der Waals surface area (Å²) in [5, 5.41) is 3.01. The highest BCUT2D eigenvalue weighted by molar-refractivity contribution is 7.89. The Bertz CT molecular complexity index is 1390. The van der Waals surface area contributed by atoms with Crippen molar-refractivity contribution in [2.45, 2.75) is 37.8 Å². The molecule has 1 aliphatic heterocycles. The maximum Gasteiger partial charge on any atom is 0.261 e. The molecule has 2 amide bonds. The molecule has 0 spiro atoms. The predicted octanol–water partition coefficient (Wildman–Crippen LogP) is 4.02. The molecular formula is C32H39N3O6S. The lowest BCUT2D eigenvalue weighted by molar-refractivity contribution is -0.143. The van der Waals surface area contributed by atoms with Crippen LogP contribution in [0, 0.1) is 5.92 Å². The summed E-state index contributed by atoms with van der Waals surface area (Å²) >= 11 is 0. The summed E-state index contributed by atoms with van der Waals surface area (Å²) in [6, 6.07) is 23.9. The van der Waals surface area contributed by atoms with Gasteiger partial charge in [0, 0.05) is 26.2 Å². The molecule has 1 aliphatic rings. The highest BCUT2D eigenvalue weighted by Gasteiger charge is 2.32. The largest absolute Gasteiger partial charge is 0.484 e. The smallest absolute Gasteiger partial charge is 0.261 e. The fourth-order valence-electron chi connectivity index (χ4n) is 4.66. The van der Waals surface area contributed by atoms with Crippen molar-refractivity contribution < 1.29 is 27.5 Å². The first kappa shape index (κ1) is 31.2. The van der Waals surface area contributed by atoms with E-state index in [1.54, 1.807) is 0 Å². The van der Waals surface area contributed by atoms with E-state index in [4.69, 9.17) is 9.47 Å². The zero-order chi connectivity index (χ0) is 30.0. The van der Waals surface area contributed by atoms with Gasteiger partial charge in [0.2, 0.25) is 15.9 Å². The Balaban J connectivity index is 1.53. The van der Waals surface area contributed by atoms with Crippen LogP contribution in [0.5, 0.6) is 5.75 Å². The lowest BCUT2D eigenvalue weighted by Gasteiger charge is -2.31. The van der Waals surface area contributed by atoms with Gasteiger partial charge in [-0.25, -0.2) is 8.42 Å². The zero-order valence-corrected chi connectivity index (χ0v) is 25.0. The van der Waals surface area contributed by atoms with E-state index in [1.807, 2.05) is 60.7 Å². The van der Waals surface area contributed by atoms with E-state index in [0.717, 1.165) is 12.0 Å². The van der Waals surface area contributed by atoms with E-state index >= 15 is 0 Å². The molecule has 1 saturated heterocycles. The Kier molecular flexibility index (Phi) is 11.1. The highest BCUT2D eigenvalue weighted by Crippen LogP contribution is 2.25. The number of rotatable bonds is 13. The minimum atomic E-state index is -3.64. The summed E-state index contributed by atoms with van der Waals surface area (Å²) in [4.78, 5) is 29.0. The van der Waals surface area contributed by atoms with Gasteiger partial charge >= 0.3 is 0 Å². The Hall–Kier alpha value is -3.73. The van der Waals surface area contributed by atoms with Gasteiger partial charge in [0.1, 0.15) is 11.8 Å². The number of amides is 2. The predicted molar refractivity (Wildman–Crippen MR) is 160 cm³/mol. The lowest BCUT2D eigenvalue weighted by atomic mass is 10.0.